The molecule has 0 amide bonds. The van der Waals surface area contributed by atoms with Crippen LogP contribution in [0.15, 0.2) is 40.6 Å². The number of nitrogens with one attached hydrogen (secondary N) is 1. The molecule has 0 saturated carbocycles. The van der Waals surface area contributed by atoms with Gasteiger partial charge in [-0.15, -0.1) is 0 Å². The van der Waals surface area contributed by atoms with Crippen molar-refractivity contribution in [3.63, 3.8) is 0 Å². The Hall–Kier alpha value is -1.31. The maximum Gasteiger partial charge on any atom is 0.0657 e. The van der Waals surface area contributed by atoms with E-state index < -0.39 is 0 Å². The molecule has 0 saturated heterocycles. The fraction of sp³-hybridized carbons (Fsp3) is 0.500. The molecule has 2 nitrogen and oxygen atoms in total. The van der Waals surface area contributed by atoms with Gasteiger partial charge in [0.05, 0.1) is 5.71 Å². The second-order valence-electron chi connectivity index (χ2n) is 4.20. The highest BCUT2D eigenvalue weighted by molar-refractivity contribution is 6.10. The summed E-state index contributed by atoms with van der Waals surface area (Å²) in [6, 6.07) is 0. The van der Waals surface area contributed by atoms with Gasteiger partial charge in [0.15, 0.2) is 0 Å². The number of hydrogen-bond donors (Lipinski definition) is 1. The Morgan fingerprint density at radius 1 is 1.62 bits per heavy atom. The van der Waals surface area contributed by atoms with Crippen molar-refractivity contribution < 1.29 is 0 Å². The quantitative estimate of drug-likeness (QED) is 0.720. The molecular formula is C14H22N2. The minimum Gasteiger partial charge on any atom is -0.389 e. The molecular weight excluding hydrogens is 196 g/mol. The highest BCUT2D eigenvalue weighted by Crippen LogP contribution is 2.17. The number of aliphatic imine (C=N–C) groups is 1. The van der Waals surface area contributed by atoms with E-state index in [0.29, 0.717) is 5.92 Å². The van der Waals surface area contributed by atoms with E-state index in [-0.39, 0.29) is 0 Å². The third kappa shape index (κ3) is 3.69. The average Bonchev–Trinajstić information content (AvgIpc) is 2.26. The molecule has 1 aliphatic carbocycles. The summed E-state index contributed by atoms with van der Waals surface area (Å²) in [4.78, 5) is 4.35. The topological polar surface area (TPSA) is 24.4 Å². The molecule has 88 valence electrons. The Kier molecular flexibility index (Phi) is 5.03. The summed E-state index contributed by atoms with van der Waals surface area (Å²) in [5.74, 6) is 0.615. The molecule has 0 aliphatic heterocycles. The second-order valence-corrected chi connectivity index (χ2v) is 4.20. The lowest BCUT2D eigenvalue weighted by atomic mass is 9.95. The molecule has 2 heteroatoms. The summed E-state index contributed by atoms with van der Waals surface area (Å²) in [7, 11) is 1.85. The van der Waals surface area contributed by atoms with Gasteiger partial charge in [-0.2, -0.15) is 0 Å². The first-order valence-corrected chi connectivity index (χ1v) is 5.95. The van der Waals surface area contributed by atoms with Crippen LogP contribution in [-0.4, -0.2) is 19.3 Å². The Morgan fingerprint density at radius 3 is 2.94 bits per heavy atom. The maximum absolute atomic E-state index is 4.35. The summed E-state index contributed by atoms with van der Waals surface area (Å²) < 4.78 is 0. The minimum absolute atomic E-state index is 0.615. The van der Waals surface area contributed by atoms with Gasteiger partial charge in [-0.05, 0) is 37.8 Å². The minimum atomic E-state index is 0.615. The van der Waals surface area contributed by atoms with Crippen LogP contribution in [0.2, 0.25) is 0 Å². The fourth-order valence-corrected chi connectivity index (χ4v) is 1.82. The van der Waals surface area contributed by atoms with Crippen LogP contribution in [0.1, 0.15) is 27.2 Å². The lowest BCUT2D eigenvalue weighted by Crippen LogP contribution is -2.12. The Balaban J connectivity index is 2.84. The standard InChI is InChI=1S/C14H22N2/c1-5-16-12(3)10-14(15-4)13-8-6-7-11(2)9-13/h6,8-11,16H,5,7H2,1-4H3/b12-10-,15-14+. The molecule has 1 unspecified atom stereocenters. The summed E-state index contributed by atoms with van der Waals surface area (Å²) in [6.07, 6.45) is 9.92. The molecule has 1 aliphatic rings. The zero-order valence-electron chi connectivity index (χ0n) is 10.7. The van der Waals surface area contributed by atoms with Crippen molar-refractivity contribution in [2.45, 2.75) is 27.2 Å². The van der Waals surface area contributed by atoms with E-state index in [9.17, 15) is 0 Å². The Bertz CT molecular complexity index is 346. The Morgan fingerprint density at radius 2 is 2.38 bits per heavy atom. The molecule has 0 heterocycles. The van der Waals surface area contributed by atoms with E-state index in [0.717, 1.165) is 24.4 Å². The smallest absolute Gasteiger partial charge is 0.0657 e. The number of allylic oxidation sites excluding steroid dienone is 6. The van der Waals surface area contributed by atoms with Crippen molar-refractivity contribution in [2.24, 2.45) is 10.9 Å². The molecule has 1 atom stereocenters. The van der Waals surface area contributed by atoms with Crippen molar-refractivity contribution >= 4 is 5.71 Å². The first-order valence-electron chi connectivity index (χ1n) is 5.95. The van der Waals surface area contributed by atoms with Crippen molar-refractivity contribution in [3.8, 4) is 0 Å². The van der Waals surface area contributed by atoms with Crippen molar-refractivity contribution in [3.05, 3.63) is 35.6 Å². The lowest BCUT2D eigenvalue weighted by Gasteiger charge is -2.13. The average molecular weight is 218 g/mol. The zero-order chi connectivity index (χ0) is 12.0. The van der Waals surface area contributed by atoms with Crippen LogP contribution in [0.4, 0.5) is 0 Å². The van der Waals surface area contributed by atoms with Crippen LogP contribution in [-0.2, 0) is 0 Å². The number of hydrogen-bond acceptors (Lipinski definition) is 2. The first kappa shape index (κ1) is 12.8. The molecule has 0 fully saturated rings. The predicted octanol–water partition coefficient (Wildman–Crippen LogP) is 3.09. The normalized spacial score (nSPS) is 22.0. The summed E-state index contributed by atoms with van der Waals surface area (Å²) in [5.41, 5.74) is 3.45. The molecule has 0 radical (unpaired) electrons. The highest BCUT2D eigenvalue weighted by Gasteiger charge is 2.07. The predicted molar refractivity (Wildman–Crippen MR) is 71.8 cm³/mol. The van der Waals surface area contributed by atoms with Crippen LogP contribution < -0.4 is 5.32 Å². The van der Waals surface area contributed by atoms with E-state index in [1.54, 1.807) is 0 Å². The van der Waals surface area contributed by atoms with Crippen LogP contribution in [0.25, 0.3) is 0 Å². The van der Waals surface area contributed by atoms with Crippen molar-refractivity contribution in [2.75, 3.05) is 13.6 Å². The third-order valence-corrected chi connectivity index (χ3v) is 2.61. The van der Waals surface area contributed by atoms with Gasteiger partial charge in [0, 0.05) is 19.3 Å². The zero-order valence-corrected chi connectivity index (χ0v) is 10.7. The molecule has 16 heavy (non-hydrogen) atoms. The van der Waals surface area contributed by atoms with Crippen LogP contribution in [0, 0.1) is 5.92 Å². The molecule has 1 N–H and O–H groups in total. The SMILES string of the molecule is CCN/C(C)=C\C(=N/C)C1=CC(C)CC=C1. The molecule has 0 aromatic carbocycles. The van der Waals surface area contributed by atoms with Crippen LogP contribution in [0.3, 0.4) is 0 Å². The van der Waals surface area contributed by atoms with E-state index in [4.69, 9.17) is 0 Å². The van der Waals surface area contributed by atoms with Gasteiger partial charge in [-0.3, -0.25) is 4.99 Å². The van der Waals surface area contributed by atoms with Gasteiger partial charge >= 0.3 is 0 Å². The largest absolute Gasteiger partial charge is 0.389 e. The maximum atomic E-state index is 4.35. The van der Waals surface area contributed by atoms with Crippen LogP contribution in [0.5, 0.6) is 0 Å². The summed E-state index contributed by atoms with van der Waals surface area (Å²) in [5, 5.41) is 3.29. The van der Waals surface area contributed by atoms with E-state index in [1.807, 2.05) is 7.05 Å². The number of nitrogens with zero attached hydrogens (tertiary/aromatic N) is 1. The van der Waals surface area contributed by atoms with E-state index >= 15 is 0 Å². The molecule has 0 aromatic rings. The van der Waals surface area contributed by atoms with Gasteiger partial charge in [-0.1, -0.05) is 25.2 Å². The molecule has 1 rings (SSSR count). The van der Waals surface area contributed by atoms with Gasteiger partial charge in [0.25, 0.3) is 0 Å². The highest BCUT2D eigenvalue weighted by atomic mass is 14.9. The molecule has 0 bridgehead atoms. The van der Waals surface area contributed by atoms with Gasteiger partial charge in [-0.25, -0.2) is 0 Å². The van der Waals surface area contributed by atoms with E-state index in [2.05, 4.69) is 55.4 Å². The first-order chi connectivity index (χ1) is 7.67. The van der Waals surface area contributed by atoms with Gasteiger partial charge < -0.3 is 5.32 Å². The molecule has 0 spiro atoms. The monoisotopic (exact) mass is 218 g/mol. The van der Waals surface area contributed by atoms with Crippen molar-refractivity contribution in [1.29, 1.82) is 0 Å². The fourth-order valence-electron chi connectivity index (χ4n) is 1.82. The third-order valence-electron chi connectivity index (χ3n) is 2.61. The van der Waals surface area contributed by atoms with Crippen molar-refractivity contribution in [1.82, 2.24) is 5.32 Å². The van der Waals surface area contributed by atoms with E-state index in [1.165, 1.54) is 5.57 Å². The van der Waals surface area contributed by atoms with Crippen LogP contribution >= 0.6 is 0 Å². The second kappa shape index (κ2) is 6.31. The van der Waals surface area contributed by atoms with Gasteiger partial charge in [0.2, 0.25) is 0 Å². The summed E-state index contributed by atoms with van der Waals surface area (Å²) in [6.45, 7) is 7.36. The van der Waals surface area contributed by atoms with Gasteiger partial charge in [0.1, 0.15) is 0 Å². The summed E-state index contributed by atoms with van der Waals surface area (Å²) >= 11 is 0. The molecule has 0 aromatic heterocycles. The lowest BCUT2D eigenvalue weighted by molar-refractivity contribution is 0.733. The number of rotatable bonds is 4. The Labute approximate surface area is 98.9 Å².